The first-order valence-corrected chi connectivity index (χ1v) is 3.64. The predicted molar refractivity (Wildman–Crippen MR) is 38.7 cm³/mol. The van der Waals surface area contributed by atoms with Gasteiger partial charge in [0, 0.05) is 18.8 Å². The van der Waals surface area contributed by atoms with Gasteiger partial charge in [-0.3, -0.25) is 0 Å². The molecule has 0 spiro atoms. The summed E-state index contributed by atoms with van der Waals surface area (Å²) in [4.78, 5) is 7.25. The lowest BCUT2D eigenvalue weighted by Crippen LogP contribution is -2.43. The Morgan fingerprint density at radius 3 is 3.00 bits per heavy atom. The highest BCUT2D eigenvalue weighted by atomic mass is 15.0. The van der Waals surface area contributed by atoms with Crippen molar-refractivity contribution in [3.05, 3.63) is 18.2 Å². The van der Waals surface area contributed by atoms with E-state index in [0.29, 0.717) is 0 Å². The molecule has 0 saturated carbocycles. The van der Waals surface area contributed by atoms with E-state index in [1.807, 2.05) is 6.20 Å². The second-order valence-corrected chi connectivity index (χ2v) is 2.76. The van der Waals surface area contributed by atoms with Crippen molar-refractivity contribution in [1.29, 1.82) is 0 Å². The topological polar surface area (TPSA) is 40.7 Å². The molecule has 10 heavy (non-hydrogen) atoms. The van der Waals surface area contributed by atoms with Crippen molar-refractivity contribution < 1.29 is 0 Å². The molecule has 2 N–H and O–H groups in total. The van der Waals surface area contributed by atoms with Crippen molar-refractivity contribution in [2.75, 3.05) is 13.1 Å². The number of nitrogens with one attached hydrogen (secondary N) is 2. The maximum absolute atomic E-state index is 4.15. The summed E-state index contributed by atoms with van der Waals surface area (Å²) in [5.41, 5.74) is 0. The normalized spacial score (nSPS) is 18.8. The van der Waals surface area contributed by atoms with Crippen molar-refractivity contribution in [2.24, 2.45) is 5.92 Å². The van der Waals surface area contributed by atoms with Crippen molar-refractivity contribution >= 4 is 0 Å². The van der Waals surface area contributed by atoms with Crippen LogP contribution in [-0.4, -0.2) is 23.1 Å². The Hall–Kier alpha value is -0.830. The summed E-state index contributed by atoms with van der Waals surface area (Å²) in [7, 11) is 0. The van der Waals surface area contributed by atoms with E-state index in [-0.39, 0.29) is 0 Å². The van der Waals surface area contributed by atoms with Gasteiger partial charge in [0.25, 0.3) is 0 Å². The lowest BCUT2D eigenvalue weighted by Gasteiger charge is -2.25. The van der Waals surface area contributed by atoms with E-state index >= 15 is 0 Å². The van der Waals surface area contributed by atoms with Crippen LogP contribution in [0.1, 0.15) is 5.82 Å². The Morgan fingerprint density at radius 1 is 1.60 bits per heavy atom. The number of hydrogen-bond donors (Lipinski definition) is 2. The summed E-state index contributed by atoms with van der Waals surface area (Å²) in [6.45, 7) is 2.31. The van der Waals surface area contributed by atoms with Crippen LogP contribution in [0, 0.1) is 5.92 Å². The molecule has 54 valence electrons. The van der Waals surface area contributed by atoms with Crippen molar-refractivity contribution in [1.82, 2.24) is 15.3 Å². The highest BCUT2D eigenvalue weighted by Crippen LogP contribution is 2.07. The Balaban J connectivity index is 1.90. The van der Waals surface area contributed by atoms with E-state index in [1.165, 1.54) is 0 Å². The van der Waals surface area contributed by atoms with Gasteiger partial charge in [0.05, 0.1) is 0 Å². The molecule has 1 aromatic rings. The largest absolute Gasteiger partial charge is 0.349 e. The number of rotatable bonds is 2. The fourth-order valence-corrected chi connectivity index (χ4v) is 1.18. The molecule has 1 aromatic heterocycles. The second-order valence-electron chi connectivity index (χ2n) is 2.76. The van der Waals surface area contributed by atoms with Crippen molar-refractivity contribution in [2.45, 2.75) is 6.42 Å². The van der Waals surface area contributed by atoms with Gasteiger partial charge in [0.1, 0.15) is 5.82 Å². The zero-order valence-electron chi connectivity index (χ0n) is 5.80. The lowest BCUT2D eigenvalue weighted by molar-refractivity contribution is 0.342. The van der Waals surface area contributed by atoms with Gasteiger partial charge in [-0.2, -0.15) is 0 Å². The molecule has 1 fully saturated rings. The van der Waals surface area contributed by atoms with E-state index < -0.39 is 0 Å². The fraction of sp³-hybridized carbons (Fsp3) is 0.571. The first-order valence-electron chi connectivity index (χ1n) is 3.64. The monoisotopic (exact) mass is 137 g/mol. The van der Waals surface area contributed by atoms with Crippen LogP contribution in [0.2, 0.25) is 0 Å². The summed E-state index contributed by atoms with van der Waals surface area (Å²) >= 11 is 0. The molecule has 0 aromatic carbocycles. The van der Waals surface area contributed by atoms with Crippen molar-refractivity contribution in [3.8, 4) is 0 Å². The highest BCUT2D eigenvalue weighted by Gasteiger charge is 2.17. The first kappa shape index (κ1) is 5.92. The Bertz CT molecular complexity index is 189. The maximum Gasteiger partial charge on any atom is 0.106 e. The lowest BCUT2D eigenvalue weighted by atomic mass is 9.99. The molecule has 0 unspecified atom stereocenters. The predicted octanol–water partition coefficient (Wildman–Crippen LogP) is 0.172. The molecule has 3 nitrogen and oxygen atoms in total. The summed E-state index contributed by atoms with van der Waals surface area (Å²) in [5, 5.41) is 3.23. The smallest absolute Gasteiger partial charge is 0.106 e. The standard InChI is InChI=1S/C7H11N3/c1-2-10-7(9-1)3-6-4-8-5-6/h1-2,6,8H,3-5H2,(H,9,10). The zero-order valence-corrected chi connectivity index (χ0v) is 5.80. The van der Waals surface area contributed by atoms with Gasteiger partial charge >= 0.3 is 0 Å². The minimum Gasteiger partial charge on any atom is -0.349 e. The molecule has 0 radical (unpaired) electrons. The molecule has 0 bridgehead atoms. The van der Waals surface area contributed by atoms with Crippen LogP contribution in [0.25, 0.3) is 0 Å². The third kappa shape index (κ3) is 1.04. The Morgan fingerprint density at radius 2 is 2.50 bits per heavy atom. The molecule has 0 atom stereocenters. The van der Waals surface area contributed by atoms with Crippen LogP contribution in [-0.2, 0) is 6.42 Å². The second kappa shape index (κ2) is 2.42. The number of aromatic nitrogens is 2. The fourth-order valence-electron chi connectivity index (χ4n) is 1.18. The number of nitrogens with zero attached hydrogens (tertiary/aromatic N) is 1. The van der Waals surface area contributed by atoms with Crippen LogP contribution in [0.15, 0.2) is 12.4 Å². The quantitative estimate of drug-likeness (QED) is 0.610. The first-order chi connectivity index (χ1) is 4.95. The Kier molecular flexibility index (Phi) is 1.43. The molecule has 0 aliphatic carbocycles. The van der Waals surface area contributed by atoms with E-state index in [2.05, 4.69) is 15.3 Å². The van der Waals surface area contributed by atoms with Crippen LogP contribution in [0.3, 0.4) is 0 Å². The average molecular weight is 137 g/mol. The Labute approximate surface area is 59.9 Å². The van der Waals surface area contributed by atoms with Gasteiger partial charge in [0.15, 0.2) is 0 Å². The zero-order chi connectivity index (χ0) is 6.81. The maximum atomic E-state index is 4.15. The molecule has 2 heterocycles. The van der Waals surface area contributed by atoms with Crippen LogP contribution >= 0.6 is 0 Å². The van der Waals surface area contributed by atoms with E-state index in [9.17, 15) is 0 Å². The SMILES string of the molecule is c1c[nH]c(CC2CNC2)n1. The summed E-state index contributed by atoms with van der Waals surface area (Å²) in [6, 6.07) is 0. The summed E-state index contributed by atoms with van der Waals surface area (Å²) in [5.74, 6) is 1.93. The number of hydrogen-bond acceptors (Lipinski definition) is 2. The highest BCUT2D eigenvalue weighted by molar-refractivity contribution is 4.92. The minimum atomic E-state index is 0.811. The molecular formula is C7H11N3. The van der Waals surface area contributed by atoms with Gasteiger partial charge < -0.3 is 10.3 Å². The van der Waals surface area contributed by atoms with Gasteiger partial charge in [-0.1, -0.05) is 0 Å². The van der Waals surface area contributed by atoms with Crippen molar-refractivity contribution in [3.63, 3.8) is 0 Å². The third-order valence-corrected chi connectivity index (χ3v) is 1.90. The van der Waals surface area contributed by atoms with Gasteiger partial charge in [-0.25, -0.2) is 4.98 Å². The molecule has 0 amide bonds. The molecule has 1 aliphatic heterocycles. The van der Waals surface area contributed by atoms with Crippen LogP contribution in [0.5, 0.6) is 0 Å². The van der Waals surface area contributed by atoms with Crippen LogP contribution < -0.4 is 5.32 Å². The van der Waals surface area contributed by atoms with Gasteiger partial charge in [0.2, 0.25) is 0 Å². The van der Waals surface area contributed by atoms with E-state index in [1.54, 1.807) is 6.20 Å². The summed E-state index contributed by atoms with van der Waals surface area (Å²) in [6.07, 6.45) is 4.78. The minimum absolute atomic E-state index is 0.811. The summed E-state index contributed by atoms with van der Waals surface area (Å²) < 4.78 is 0. The molecule has 1 aliphatic rings. The van der Waals surface area contributed by atoms with Crippen LogP contribution in [0.4, 0.5) is 0 Å². The molecule has 3 heteroatoms. The van der Waals surface area contributed by atoms with E-state index in [0.717, 1.165) is 31.3 Å². The average Bonchev–Trinajstić information content (AvgIpc) is 2.29. The molecule has 2 rings (SSSR count). The molecular weight excluding hydrogens is 126 g/mol. The number of aromatic amines is 1. The van der Waals surface area contributed by atoms with E-state index in [4.69, 9.17) is 0 Å². The van der Waals surface area contributed by atoms with Gasteiger partial charge in [-0.05, 0) is 19.0 Å². The molecule has 1 saturated heterocycles. The van der Waals surface area contributed by atoms with Gasteiger partial charge in [-0.15, -0.1) is 0 Å². The number of H-pyrrole nitrogens is 1. The number of imidazole rings is 1. The third-order valence-electron chi connectivity index (χ3n) is 1.90.